The number of sulfonamides is 1. The van der Waals surface area contributed by atoms with Crippen molar-refractivity contribution < 1.29 is 39.9 Å². The molecule has 2 aromatic carbocycles. The molecule has 2 fully saturated rings. The first-order chi connectivity index (χ1) is 17.4. The monoisotopic (exact) mass is 564 g/mol. The van der Waals surface area contributed by atoms with Gasteiger partial charge in [0.25, 0.3) is 5.60 Å². The SMILES string of the molecule is CCC(C)c1cc(CN2CC3(C2)CN(S(C)(=O)=O)C3)ccc1-c1ccc(C(O)(C(F)(F)F)C(F)(F)F)cc1. The summed E-state index contributed by atoms with van der Waals surface area (Å²) in [5.74, 6) is 0.0737. The highest BCUT2D eigenvalue weighted by Crippen LogP contribution is 2.50. The van der Waals surface area contributed by atoms with E-state index in [0.29, 0.717) is 42.9 Å². The zero-order chi connectivity index (χ0) is 28.3. The van der Waals surface area contributed by atoms with Crippen LogP contribution in [-0.2, 0) is 22.2 Å². The maximum Gasteiger partial charge on any atom is 0.430 e. The van der Waals surface area contributed by atoms with E-state index >= 15 is 0 Å². The van der Waals surface area contributed by atoms with E-state index in [2.05, 4.69) is 4.90 Å². The first-order valence-electron chi connectivity index (χ1n) is 12.2. The maximum absolute atomic E-state index is 13.3. The highest BCUT2D eigenvalue weighted by Gasteiger charge is 2.71. The van der Waals surface area contributed by atoms with Crippen LogP contribution in [0.15, 0.2) is 42.5 Å². The summed E-state index contributed by atoms with van der Waals surface area (Å²) in [5, 5.41) is 9.67. The van der Waals surface area contributed by atoms with Crippen molar-refractivity contribution >= 4 is 10.0 Å². The Bertz CT molecular complexity index is 1260. The van der Waals surface area contributed by atoms with Crippen molar-refractivity contribution in [3.05, 3.63) is 59.2 Å². The Morgan fingerprint density at radius 3 is 1.97 bits per heavy atom. The molecule has 210 valence electrons. The predicted molar refractivity (Wildman–Crippen MR) is 131 cm³/mol. The van der Waals surface area contributed by atoms with Crippen LogP contribution >= 0.6 is 0 Å². The zero-order valence-corrected chi connectivity index (χ0v) is 22.0. The number of rotatable bonds is 7. The molecule has 2 heterocycles. The van der Waals surface area contributed by atoms with Crippen LogP contribution in [0, 0.1) is 5.41 Å². The summed E-state index contributed by atoms with van der Waals surface area (Å²) in [6.07, 6.45) is -9.90. The lowest BCUT2D eigenvalue weighted by Crippen LogP contribution is -2.72. The molecule has 2 aromatic rings. The Hall–Kier alpha value is -2.15. The first kappa shape index (κ1) is 28.8. The molecule has 38 heavy (non-hydrogen) atoms. The van der Waals surface area contributed by atoms with Crippen molar-refractivity contribution in [3.8, 4) is 11.1 Å². The fraction of sp³-hybridized carbons (Fsp3) is 0.538. The average molecular weight is 565 g/mol. The van der Waals surface area contributed by atoms with Crippen LogP contribution in [0.3, 0.4) is 0 Å². The van der Waals surface area contributed by atoms with Gasteiger partial charge in [0.05, 0.1) is 6.26 Å². The molecule has 0 aromatic heterocycles. The lowest BCUT2D eigenvalue weighted by molar-refractivity contribution is -0.376. The number of hydrogen-bond acceptors (Lipinski definition) is 4. The van der Waals surface area contributed by atoms with E-state index in [4.69, 9.17) is 0 Å². The molecule has 12 heteroatoms. The molecule has 2 aliphatic heterocycles. The van der Waals surface area contributed by atoms with Gasteiger partial charge in [-0.3, -0.25) is 4.90 Å². The van der Waals surface area contributed by atoms with E-state index in [0.717, 1.165) is 30.6 Å². The molecule has 1 atom stereocenters. The van der Waals surface area contributed by atoms with Crippen LogP contribution < -0.4 is 0 Å². The second kappa shape index (κ2) is 9.50. The number of aliphatic hydroxyl groups is 1. The minimum atomic E-state index is -5.94. The topological polar surface area (TPSA) is 60.9 Å². The average Bonchev–Trinajstić information content (AvgIpc) is 2.76. The molecule has 0 amide bonds. The van der Waals surface area contributed by atoms with Crippen molar-refractivity contribution in [1.29, 1.82) is 0 Å². The minimum absolute atomic E-state index is 0.000928. The maximum atomic E-state index is 13.3. The largest absolute Gasteiger partial charge is 0.430 e. The van der Waals surface area contributed by atoms with E-state index in [1.165, 1.54) is 22.7 Å². The summed E-state index contributed by atoms with van der Waals surface area (Å²) < 4.78 is 104. The number of likely N-dealkylation sites (tertiary alicyclic amines) is 1. The van der Waals surface area contributed by atoms with Gasteiger partial charge in [-0.05, 0) is 34.6 Å². The van der Waals surface area contributed by atoms with Crippen LogP contribution in [-0.4, -0.2) is 67.5 Å². The van der Waals surface area contributed by atoms with Crippen molar-refractivity contribution in [2.45, 2.75) is 50.7 Å². The smallest absolute Gasteiger partial charge is 0.369 e. The Kier molecular flexibility index (Phi) is 7.21. The summed E-state index contributed by atoms with van der Waals surface area (Å²) in [6, 6.07) is 9.38. The normalized spacial score (nSPS) is 19.7. The summed E-state index contributed by atoms with van der Waals surface area (Å²) in [6.45, 7) is 7.23. The molecule has 0 saturated carbocycles. The third-order valence-electron chi connectivity index (χ3n) is 7.71. The third kappa shape index (κ3) is 5.07. The highest BCUT2D eigenvalue weighted by molar-refractivity contribution is 7.88. The quantitative estimate of drug-likeness (QED) is 0.467. The van der Waals surface area contributed by atoms with E-state index in [1.807, 2.05) is 32.0 Å². The molecule has 1 N–H and O–H groups in total. The Balaban J connectivity index is 1.54. The summed E-state index contributed by atoms with van der Waals surface area (Å²) in [7, 11) is -3.18. The number of nitrogens with zero attached hydrogens (tertiary/aromatic N) is 2. The van der Waals surface area contributed by atoms with Gasteiger partial charge in [0.1, 0.15) is 0 Å². The van der Waals surface area contributed by atoms with Gasteiger partial charge in [-0.2, -0.15) is 26.3 Å². The Morgan fingerprint density at radius 1 is 0.947 bits per heavy atom. The fourth-order valence-corrected chi connectivity index (χ4v) is 6.41. The number of halogens is 6. The predicted octanol–water partition coefficient (Wildman–Crippen LogP) is 5.26. The molecular formula is C26H30F6N2O3S. The lowest BCUT2D eigenvalue weighted by atomic mass is 9.74. The second-order valence-corrected chi connectivity index (χ2v) is 12.7. The zero-order valence-electron chi connectivity index (χ0n) is 21.2. The third-order valence-corrected chi connectivity index (χ3v) is 8.91. The molecule has 1 unspecified atom stereocenters. The first-order valence-corrected chi connectivity index (χ1v) is 14.0. The van der Waals surface area contributed by atoms with E-state index < -0.39 is 33.5 Å². The van der Waals surface area contributed by atoms with Crippen molar-refractivity contribution in [2.24, 2.45) is 5.41 Å². The van der Waals surface area contributed by atoms with Gasteiger partial charge in [-0.1, -0.05) is 56.3 Å². The van der Waals surface area contributed by atoms with Gasteiger partial charge >= 0.3 is 12.4 Å². The summed E-state index contributed by atoms with van der Waals surface area (Å²) in [4.78, 5) is 2.22. The van der Waals surface area contributed by atoms with Crippen LogP contribution in [0.25, 0.3) is 11.1 Å². The minimum Gasteiger partial charge on any atom is -0.369 e. The van der Waals surface area contributed by atoms with Gasteiger partial charge in [-0.25, -0.2) is 12.7 Å². The van der Waals surface area contributed by atoms with Crippen LogP contribution in [0.1, 0.15) is 42.9 Å². The van der Waals surface area contributed by atoms with Crippen LogP contribution in [0.2, 0.25) is 0 Å². The molecule has 2 saturated heterocycles. The van der Waals surface area contributed by atoms with Crippen molar-refractivity contribution in [2.75, 3.05) is 32.4 Å². The van der Waals surface area contributed by atoms with Gasteiger partial charge in [0.2, 0.25) is 10.0 Å². The Morgan fingerprint density at radius 2 is 1.50 bits per heavy atom. The molecular weight excluding hydrogens is 534 g/mol. The molecule has 0 radical (unpaired) electrons. The van der Waals surface area contributed by atoms with Gasteiger partial charge in [-0.15, -0.1) is 0 Å². The molecule has 1 spiro atoms. The van der Waals surface area contributed by atoms with Crippen molar-refractivity contribution in [1.82, 2.24) is 9.21 Å². The molecule has 0 bridgehead atoms. The number of benzene rings is 2. The summed E-state index contributed by atoms with van der Waals surface area (Å²) in [5.41, 5.74) is -3.19. The molecule has 5 nitrogen and oxygen atoms in total. The standard InChI is InChI=1S/C26H30F6N2O3S/c1-4-17(2)22-11-18(12-33-13-23(14-33)15-34(16-23)38(3,36)37)5-10-21(22)19-6-8-20(9-7-19)24(35,25(27,28)29)26(30,31)32/h5-11,17,35H,4,12-16H2,1-3H3. The number of hydrogen-bond donors (Lipinski definition) is 1. The lowest BCUT2D eigenvalue weighted by Gasteiger charge is -2.59. The van der Waals surface area contributed by atoms with E-state index in [9.17, 15) is 39.9 Å². The van der Waals surface area contributed by atoms with Gasteiger partial charge in [0.15, 0.2) is 0 Å². The highest BCUT2D eigenvalue weighted by atomic mass is 32.2. The molecule has 4 rings (SSSR count). The summed E-state index contributed by atoms with van der Waals surface area (Å²) >= 11 is 0. The van der Waals surface area contributed by atoms with E-state index in [-0.39, 0.29) is 11.3 Å². The van der Waals surface area contributed by atoms with Gasteiger partial charge in [0, 0.05) is 43.7 Å². The Labute approximate surface area is 218 Å². The number of alkyl halides is 6. The van der Waals surface area contributed by atoms with E-state index in [1.54, 1.807) is 0 Å². The van der Waals surface area contributed by atoms with Crippen LogP contribution in [0.4, 0.5) is 26.3 Å². The van der Waals surface area contributed by atoms with Crippen LogP contribution in [0.5, 0.6) is 0 Å². The second-order valence-electron chi connectivity index (χ2n) is 10.7. The van der Waals surface area contributed by atoms with Crippen molar-refractivity contribution in [3.63, 3.8) is 0 Å². The van der Waals surface area contributed by atoms with Gasteiger partial charge < -0.3 is 5.11 Å². The molecule has 0 aliphatic carbocycles. The fourth-order valence-electron chi connectivity index (χ4n) is 5.39. The molecule has 2 aliphatic rings.